The average Bonchev–Trinajstić information content (AvgIpc) is 2.63. The third kappa shape index (κ3) is 13.3. The van der Waals surface area contributed by atoms with Gasteiger partial charge >= 0.3 is 18.1 Å². The quantitative estimate of drug-likeness (QED) is 0.283. The van der Waals surface area contributed by atoms with Crippen LogP contribution in [0.25, 0.3) is 0 Å². The van der Waals surface area contributed by atoms with E-state index in [0.29, 0.717) is 19.4 Å². The number of amides is 2. The van der Waals surface area contributed by atoms with Crippen LogP contribution < -0.4 is 16.4 Å². The molecule has 2 amide bonds. The Bertz CT molecular complexity index is 473. The van der Waals surface area contributed by atoms with Crippen LogP contribution in [-0.2, 0) is 19.1 Å². The molecule has 7 nitrogen and oxygen atoms in total. The fourth-order valence-electron chi connectivity index (χ4n) is 2.36. The third-order valence-electron chi connectivity index (χ3n) is 3.93. The number of nitrogens with two attached hydrogens (primary N) is 1. The first-order valence-electron chi connectivity index (χ1n) is 9.73. The molecule has 0 bridgehead atoms. The molecular formula is C18H32F3N3O4. The molecule has 10 heteroatoms. The number of rotatable bonds is 15. The summed E-state index contributed by atoms with van der Waals surface area (Å²) in [6.07, 6.45) is 0.301. The summed E-state index contributed by atoms with van der Waals surface area (Å²) in [5, 5.41) is 4.36. The predicted octanol–water partition coefficient (Wildman–Crippen LogP) is 2.18. The van der Waals surface area contributed by atoms with Gasteiger partial charge < -0.3 is 21.1 Å². The van der Waals surface area contributed by atoms with Crippen molar-refractivity contribution in [1.29, 1.82) is 0 Å². The summed E-state index contributed by atoms with van der Waals surface area (Å²) in [4.78, 5) is 34.8. The van der Waals surface area contributed by atoms with Crippen LogP contribution in [-0.4, -0.2) is 49.7 Å². The number of alkyl halides is 3. The Kier molecular flexibility index (Phi) is 14.1. The maximum atomic E-state index is 12.2. The van der Waals surface area contributed by atoms with Crippen molar-refractivity contribution in [2.45, 2.75) is 76.9 Å². The first-order chi connectivity index (χ1) is 13.2. The lowest BCUT2D eigenvalue weighted by Crippen LogP contribution is -2.42. The van der Waals surface area contributed by atoms with Crippen LogP contribution in [0.2, 0.25) is 0 Å². The van der Waals surface area contributed by atoms with Gasteiger partial charge in [0.25, 0.3) is 0 Å². The molecule has 28 heavy (non-hydrogen) atoms. The standard InChI is InChI=1S/C18H32F3N3O4/c1-2-3-4-7-13-28-16(26)14(24-15(25)10-8-11-22)9-5-6-12-23-17(27)18(19,20)21/h14H,2-13,22H2,1H3,(H,23,27)(H,24,25)/t14-/m0/s1. The zero-order chi connectivity index (χ0) is 21.4. The molecule has 0 aromatic carbocycles. The normalized spacial score (nSPS) is 12.3. The number of hydrogen-bond donors (Lipinski definition) is 3. The first-order valence-corrected chi connectivity index (χ1v) is 9.73. The zero-order valence-corrected chi connectivity index (χ0v) is 16.4. The highest BCUT2D eigenvalue weighted by Crippen LogP contribution is 2.14. The summed E-state index contributed by atoms with van der Waals surface area (Å²) >= 11 is 0. The fraction of sp³-hybridized carbons (Fsp3) is 0.833. The molecule has 0 rings (SSSR count). The van der Waals surface area contributed by atoms with Crippen molar-refractivity contribution in [2.24, 2.45) is 5.73 Å². The lowest BCUT2D eigenvalue weighted by Gasteiger charge is -2.18. The Morgan fingerprint density at radius 2 is 1.75 bits per heavy atom. The van der Waals surface area contributed by atoms with E-state index in [9.17, 15) is 27.6 Å². The van der Waals surface area contributed by atoms with Gasteiger partial charge in [-0.1, -0.05) is 26.2 Å². The maximum Gasteiger partial charge on any atom is 0.471 e. The molecule has 0 saturated heterocycles. The van der Waals surface area contributed by atoms with Crippen LogP contribution in [0.3, 0.4) is 0 Å². The van der Waals surface area contributed by atoms with Crippen LogP contribution in [0, 0.1) is 0 Å². The molecular weight excluding hydrogens is 379 g/mol. The second-order valence-electron chi connectivity index (χ2n) is 6.49. The topological polar surface area (TPSA) is 111 Å². The van der Waals surface area contributed by atoms with E-state index in [4.69, 9.17) is 10.5 Å². The van der Waals surface area contributed by atoms with Crippen LogP contribution in [0.4, 0.5) is 13.2 Å². The molecule has 0 aromatic rings. The van der Waals surface area contributed by atoms with E-state index >= 15 is 0 Å². The highest BCUT2D eigenvalue weighted by Gasteiger charge is 2.38. The molecule has 0 aromatic heterocycles. The Labute approximate surface area is 163 Å². The fourth-order valence-corrected chi connectivity index (χ4v) is 2.36. The Hall–Kier alpha value is -1.84. The minimum absolute atomic E-state index is 0.168. The van der Waals surface area contributed by atoms with Crippen molar-refractivity contribution in [1.82, 2.24) is 10.6 Å². The van der Waals surface area contributed by atoms with E-state index in [-0.39, 0.29) is 38.3 Å². The van der Waals surface area contributed by atoms with E-state index in [1.807, 2.05) is 0 Å². The zero-order valence-electron chi connectivity index (χ0n) is 16.4. The molecule has 164 valence electrons. The van der Waals surface area contributed by atoms with Crippen LogP contribution >= 0.6 is 0 Å². The summed E-state index contributed by atoms with van der Waals surface area (Å²) in [5.41, 5.74) is 5.36. The highest BCUT2D eigenvalue weighted by atomic mass is 19.4. The average molecular weight is 411 g/mol. The molecule has 0 fully saturated rings. The number of nitrogens with one attached hydrogen (secondary N) is 2. The lowest BCUT2D eigenvalue weighted by atomic mass is 10.1. The summed E-state index contributed by atoms with van der Waals surface area (Å²) < 4.78 is 41.5. The number of hydrogen-bond acceptors (Lipinski definition) is 5. The van der Waals surface area contributed by atoms with E-state index in [1.54, 1.807) is 5.32 Å². The van der Waals surface area contributed by atoms with Gasteiger partial charge in [0.15, 0.2) is 0 Å². The maximum absolute atomic E-state index is 12.2. The van der Waals surface area contributed by atoms with Crippen molar-refractivity contribution >= 4 is 17.8 Å². The van der Waals surface area contributed by atoms with Gasteiger partial charge in [-0.25, -0.2) is 4.79 Å². The van der Waals surface area contributed by atoms with E-state index in [2.05, 4.69) is 12.2 Å². The molecule has 0 radical (unpaired) electrons. The molecule has 0 heterocycles. The van der Waals surface area contributed by atoms with Crippen molar-refractivity contribution in [2.75, 3.05) is 19.7 Å². The van der Waals surface area contributed by atoms with Crippen molar-refractivity contribution < 1.29 is 32.3 Å². The number of unbranched alkanes of at least 4 members (excludes halogenated alkanes) is 4. The SMILES string of the molecule is CCCCCCOC(=O)[C@H](CCCCNC(=O)C(F)(F)F)NC(=O)CCCN. The molecule has 1 atom stereocenters. The van der Waals surface area contributed by atoms with Gasteiger partial charge in [-0.2, -0.15) is 13.2 Å². The van der Waals surface area contributed by atoms with Crippen molar-refractivity contribution in [3.63, 3.8) is 0 Å². The minimum Gasteiger partial charge on any atom is -0.464 e. The van der Waals surface area contributed by atoms with Gasteiger partial charge in [-0.05, 0) is 38.6 Å². The predicted molar refractivity (Wildman–Crippen MR) is 98.2 cm³/mol. The summed E-state index contributed by atoms with van der Waals surface area (Å²) in [7, 11) is 0. The Balaban J connectivity index is 4.37. The lowest BCUT2D eigenvalue weighted by molar-refractivity contribution is -0.173. The van der Waals surface area contributed by atoms with E-state index in [1.165, 1.54) is 0 Å². The first kappa shape index (κ1) is 26.2. The van der Waals surface area contributed by atoms with Crippen molar-refractivity contribution in [3.05, 3.63) is 0 Å². The molecule has 0 aliphatic carbocycles. The van der Waals surface area contributed by atoms with Gasteiger partial charge in [0.1, 0.15) is 6.04 Å². The monoisotopic (exact) mass is 411 g/mol. The van der Waals surface area contributed by atoms with E-state index in [0.717, 1.165) is 25.7 Å². The van der Waals surface area contributed by atoms with Crippen LogP contribution in [0.5, 0.6) is 0 Å². The van der Waals surface area contributed by atoms with Gasteiger partial charge in [-0.3, -0.25) is 9.59 Å². The third-order valence-corrected chi connectivity index (χ3v) is 3.93. The van der Waals surface area contributed by atoms with Gasteiger partial charge in [0, 0.05) is 13.0 Å². The minimum atomic E-state index is -4.92. The molecule has 4 N–H and O–H groups in total. The number of esters is 1. The number of halogens is 3. The molecule has 0 spiro atoms. The number of carbonyl (C=O) groups excluding carboxylic acids is 3. The summed E-state index contributed by atoms with van der Waals surface area (Å²) in [6.45, 7) is 2.50. The summed E-state index contributed by atoms with van der Waals surface area (Å²) in [6, 6.07) is -0.866. The number of carbonyl (C=O) groups is 3. The largest absolute Gasteiger partial charge is 0.471 e. The second-order valence-corrected chi connectivity index (χ2v) is 6.49. The van der Waals surface area contributed by atoms with Crippen LogP contribution in [0.1, 0.15) is 64.7 Å². The van der Waals surface area contributed by atoms with Gasteiger partial charge in [-0.15, -0.1) is 0 Å². The van der Waals surface area contributed by atoms with Gasteiger partial charge in [0.2, 0.25) is 5.91 Å². The Morgan fingerprint density at radius 1 is 1.04 bits per heavy atom. The summed E-state index contributed by atoms with van der Waals surface area (Å²) in [5.74, 6) is -2.88. The van der Waals surface area contributed by atoms with Crippen molar-refractivity contribution in [3.8, 4) is 0 Å². The molecule has 0 saturated carbocycles. The Morgan fingerprint density at radius 3 is 2.36 bits per heavy atom. The molecule has 0 aliphatic heterocycles. The van der Waals surface area contributed by atoms with Gasteiger partial charge in [0.05, 0.1) is 6.61 Å². The highest BCUT2D eigenvalue weighted by molar-refractivity contribution is 5.84. The van der Waals surface area contributed by atoms with Crippen LogP contribution in [0.15, 0.2) is 0 Å². The molecule has 0 unspecified atom stereocenters. The number of ether oxygens (including phenoxy) is 1. The molecule has 0 aliphatic rings. The second kappa shape index (κ2) is 15.1. The smallest absolute Gasteiger partial charge is 0.464 e. The van der Waals surface area contributed by atoms with E-state index < -0.39 is 24.1 Å².